The van der Waals surface area contributed by atoms with Gasteiger partial charge < -0.3 is 15.5 Å². The predicted octanol–water partition coefficient (Wildman–Crippen LogP) is -0.659. The normalized spacial score (nSPS) is 30.8. The summed E-state index contributed by atoms with van der Waals surface area (Å²) in [6, 6.07) is 0. The summed E-state index contributed by atoms with van der Waals surface area (Å²) in [7, 11) is 0. The van der Waals surface area contributed by atoms with Crippen molar-refractivity contribution in [3.63, 3.8) is 0 Å². The van der Waals surface area contributed by atoms with E-state index in [2.05, 4.69) is 21.2 Å². The van der Waals surface area contributed by atoms with Crippen LogP contribution in [0.3, 0.4) is 0 Å². The van der Waals surface area contributed by atoms with E-state index in [0.717, 1.165) is 6.42 Å². The lowest BCUT2D eigenvalue weighted by molar-refractivity contribution is -0.182. The summed E-state index contributed by atoms with van der Waals surface area (Å²) in [5.74, 6) is -2.98. The number of nitrogens with one attached hydrogen (secondary N) is 1. The Bertz CT molecular complexity index is 171. The minimum Gasteiger partial charge on any atom is -0.357 e. The summed E-state index contributed by atoms with van der Waals surface area (Å²) < 4.78 is 0. The maximum atomic E-state index is 10.9. The van der Waals surface area contributed by atoms with Gasteiger partial charge in [0.2, 0.25) is 0 Å². The molecule has 1 aliphatic rings. The standard InChI is InChI=1S/C6H10BrNO3/c7-4-2-1-3-8-5(9)6(4,10)11/h4,10-11H,1-3H2,(H,8,9). The van der Waals surface area contributed by atoms with Crippen molar-refractivity contribution in [2.75, 3.05) is 6.54 Å². The van der Waals surface area contributed by atoms with E-state index in [1.165, 1.54) is 0 Å². The molecule has 4 nitrogen and oxygen atoms in total. The molecule has 5 heteroatoms. The average Bonchev–Trinajstić information content (AvgIpc) is 2.03. The largest absolute Gasteiger partial charge is 0.357 e. The molecule has 0 saturated carbocycles. The van der Waals surface area contributed by atoms with Gasteiger partial charge in [-0.1, -0.05) is 15.9 Å². The smallest absolute Gasteiger partial charge is 0.281 e. The van der Waals surface area contributed by atoms with Crippen LogP contribution in [0.5, 0.6) is 0 Å². The Kier molecular flexibility index (Phi) is 2.51. The number of rotatable bonds is 0. The zero-order valence-corrected chi connectivity index (χ0v) is 7.47. The Hall–Kier alpha value is -0.130. The summed E-state index contributed by atoms with van der Waals surface area (Å²) in [5.41, 5.74) is 0. The summed E-state index contributed by atoms with van der Waals surface area (Å²) >= 11 is 3.04. The summed E-state index contributed by atoms with van der Waals surface area (Å²) in [6.45, 7) is 0.504. The van der Waals surface area contributed by atoms with Crippen LogP contribution in [-0.2, 0) is 4.79 Å². The maximum Gasteiger partial charge on any atom is 0.281 e. The molecule has 0 aromatic rings. The van der Waals surface area contributed by atoms with E-state index in [-0.39, 0.29) is 0 Å². The minimum atomic E-state index is -2.25. The SMILES string of the molecule is O=C1NCCCC(Br)C1(O)O. The second-order valence-electron chi connectivity index (χ2n) is 2.59. The van der Waals surface area contributed by atoms with E-state index in [1.54, 1.807) is 0 Å². The van der Waals surface area contributed by atoms with Crippen LogP contribution in [0.25, 0.3) is 0 Å². The molecule has 1 atom stereocenters. The van der Waals surface area contributed by atoms with Crippen LogP contribution in [0, 0.1) is 0 Å². The number of alkyl halides is 1. The molecule has 1 unspecified atom stereocenters. The van der Waals surface area contributed by atoms with Gasteiger partial charge >= 0.3 is 0 Å². The van der Waals surface area contributed by atoms with Crippen LogP contribution >= 0.6 is 15.9 Å². The fraction of sp³-hybridized carbons (Fsp3) is 0.833. The molecule has 1 aliphatic heterocycles. The summed E-state index contributed by atoms with van der Waals surface area (Å²) in [6.07, 6.45) is 1.33. The third kappa shape index (κ3) is 1.72. The molecule has 1 heterocycles. The molecule has 1 amide bonds. The molecule has 0 radical (unpaired) electrons. The van der Waals surface area contributed by atoms with Gasteiger partial charge in [0.1, 0.15) is 0 Å². The fourth-order valence-electron chi connectivity index (χ4n) is 0.957. The van der Waals surface area contributed by atoms with E-state index in [4.69, 9.17) is 0 Å². The van der Waals surface area contributed by atoms with E-state index in [1.807, 2.05) is 0 Å². The lowest BCUT2D eigenvalue weighted by Gasteiger charge is -2.22. The van der Waals surface area contributed by atoms with Gasteiger partial charge in [0, 0.05) is 6.54 Å². The number of halogens is 1. The number of aliphatic hydroxyl groups is 2. The van der Waals surface area contributed by atoms with Gasteiger partial charge in [-0.05, 0) is 12.8 Å². The molecule has 1 rings (SSSR count). The monoisotopic (exact) mass is 223 g/mol. The number of carbonyl (C=O) groups is 1. The minimum absolute atomic E-state index is 0.504. The van der Waals surface area contributed by atoms with Gasteiger partial charge in [-0.25, -0.2) is 0 Å². The van der Waals surface area contributed by atoms with Crippen molar-refractivity contribution in [3.8, 4) is 0 Å². The molecule has 1 saturated heterocycles. The lowest BCUT2D eigenvalue weighted by Crippen LogP contribution is -2.50. The van der Waals surface area contributed by atoms with Gasteiger partial charge in [-0.15, -0.1) is 0 Å². The first-order valence-electron chi connectivity index (χ1n) is 3.42. The molecular weight excluding hydrogens is 214 g/mol. The highest BCUT2D eigenvalue weighted by molar-refractivity contribution is 9.09. The second kappa shape index (κ2) is 3.08. The second-order valence-corrected chi connectivity index (χ2v) is 3.70. The Morgan fingerprint density at radius 2 is 2.27 bits per heavy atom. The van der Waals surface area contributed by atoms with Crippen molar-refractivity contribution in [1.82, 2.24) is 5.32 Å². The number of amides is 1. The van der Waals surface area contributed by atoms with E-state index in [0.29, 0.717) is 13.0 Å². The molecule has 0 aromatic carbocycles. The van der Waals surface area contributed by atoms with Gasteiger partial charge in [0.15, 0.2) is 0 Å². The number of hydrogen-bond donors (Lipinski definition) is 3. The molecular formula is C6H10BrNO3. The molecule has 0 aromatic heterocycles. The van der Waals surface area contributed by atoms with Gasteiger partial charge in [-0.3, -0.25) is 4.79 Å². The van der Waals surface area contributed by atoms with Gasteiger partial charge in [0.05, 0.1) is 4.83 Å². The number of carbonyl (C=O) groups excluding carboxylic acids is 1. The highest BCUT2D eigenvalue weighted by Crippen LogP contribution is 2.22. The van der Waals surface area contributed by atoms with Crippen molar-refractivity contribution in [2.45, 2.75) is 23.5 Å². The van der Waals surface area contributed by atoms with Crippen LogP contribution in [-0.4, -0.2) is 33.3 Å². The van der Waals surface area contributed by atoms with Crippen LogP contribution in [0.1, 0.15) is 12.8 Å². The van der Waals surface area contributed by atoms with Crippen molar-refractivity contribution < 1.29 is 15.0 Å². The van der Waals surface area contributed by atoms with Crippen LogP contribution in [0.15, 0.2) is 0 Å². The third-order valence-corrected chi connectivity index (χ3v) is 2.79. The van der Waals surface area contributed by atoms with E-state index in [9.17, 15) is 15.0 Å². The molecule has 1 fully saturated rings. The van der Waals surface area contributed by atoms with Crippen molar-refractivity contribution in [2.24, 2.45) is 0 Å². The van der Waals surface area contributed by atoms with E-state index < -0.39 is 16.5 Å². The van der Waals surface area contributed by atoms with Crippen LogP contribution in [0.4, 0.5) is 0 Å². The molecule has 11 heavy (non-hydrogen) atoms. The zero-order valence-electron chi connectivity index (χ0n) is 5.88. The Morgan fingerprint density at radius 3 is 2.91 bits per heavy atom. The van der Waals surface area contributed by atoms with Crippen molar-refractivity contribution in [3.05, 3.63) is 0 Å². The first kappa shape index (κ1) is 8.96. The fourth-order valence-corrected chi connectivity index (χ4v) is 1.49. The Balaban J connectivity index is 2.76. The first-order valence-corrected chi connectivity index (χ1v) is 4.34. The number of hydrogen-bond acceptors (Lipinski definition) is 3. The highest BCUT2D eigenvalue weighted by atomic mass is 79.9. The average molecular weight is 224 g/mol. The Labute approximate surface area is 72.7 Å². The molecule has 64 valence electrons. The maximum absolute atomic E-state index is 10.9. The van der Waals surface area contributed by atoms with Gasteiger partial charge in [0.25, 0.3) is 11.7 Å². The molecule has 3 N–H and O–H groups in total. The van der Waals surface area contributed by atoms with Crippen LogP contribution < -0.4 is 5.32 Å². The third-order valence-electron chi connectivity index (χ3n) is 1.69. The quantitative estimate of drug-likeness (QED) is 0.378. The predicted molar refractivity (Wildman–Crippen MR) is 42.1 cm³/mol. The molecule has 0 spiro atoms. The van der Waals surface area contributed by atoms with Crippen molar-refractivity contribution >= 4 is 21.8 Å². The van der Waals surface area contributed by atoms with Gasteiger partial charge in [-0.2, -0.15) is 0 Å². The summed E-state index contributed by atoms with van der Waals surface area (Å²) in [5, 5.41) is 20.8. The summed E-state index contributed by atoms with van der Waals surface area (Å²) in [4.78, 5) is 10.3. The van der Waals surface area contributed by atoms with Crippen LogP contribution in [0.2, 0.25) is 0 Å². The van der Waals surface area contributed by atoms with E-state index >= 15 is 0 Å². The molecule has 0 bridgehead atoms. The highest BCUT2D eigenvalue weighted by Gasteiger charge is 2.41. The lowest BCUT2D eigenvalue weighted by atomic mass is 10.1. The first-order chi connectivity index (χ1) is 5.05. The Morgan fingerprint density at radius 1 is 1.64 bits per heavy atom. The van der Waals surface area contributed by atoms with Crippen molar-refractivity contribution in [1.29, 1.82) is 0 Å². The zero-order chi connectivity index (χ0) is 8.48. The molecule has 0 aliphatic carbocycles. The topological polar surface area (TPSA) is 69.6 Å².